The first kappa shape index (κ1) is 14.6. The summed E-state index contributed by atoms with van der Waals surface area (Å²) in [6.45, 7) is 0. The first-order valence-electron chi connectivity index (χ1n) is 5.57. The van der Waals surface area contributed by atoms with Crippen LogP contribution in [0.1, 0.15) is 20.7 Å². The Balaban J connectivity index is 2.45. The van der Waals surface area contributed by atoms with E-state index in [0.29, 0.717) is 0 Å². The normalized spacial score (nSPS) is 11.0. The zero-order valence-electron chi connectivity index (χ0n) is 10.4. The summed E-state index contributed by atoms with van der Waals surface area (Å²) in [5.74, 6) is -2.72. The first-order valence-corrected chi connectivity index (χ1v) is 7.05. The maximum absolute atomic E-state index is 12.0. The molecule has 1 aromatic heterocycles. The number of sulfonamides is 1. The number of carboxylic acid groups (broad SMARTS) is 2. The van der Waals surface area contributed by atoms with Crippen molar-refractivity contribution in [1.29, 1.82) is 0 Å². The van der Waals surface area contributed by atoms with Crippen LogP contribution in [0.5, 0.6) is 0 Å². The van der Waals surface area contributed by atoms with Crippen LogP contribution in [0.2, 0.25) is 0 Å². The second kappa shape index (κ2) is 5.29. The number of hydrogen-bond donors (Lipinski definition) is 4. The van der Waals surface area contributed by atoms with Crippen LogP contribution in [0, 0.1) is 0 Å². The van der Waals surface area contributed by atoms with Crippen molar-refractivity contribution in [3.8, 4) is 0 Å². The summed E-state index contributed by atoms with van der Waals surface area (Å²) in [6.07, 6.45) is 2.65. The molecular formula is C12H10N2O6S. The minimum absolute atomic E-state index is 0.0555. The van der Waals surface area contributed by atoms with Crippen LogP contribution in [0.4, 0.5) is 5.69 Å². The Morgan fingerprint density at radius 1 is 1.05 bits per heavy atom. The van der Waals surface area contributed by atoms with Crippen molar-refractivity contribution in [2.75, 3.05) is 4.72 Å². The van der Waals surface area contributed by atoms with Gasteiger partial charge in [-0.2, -0.15) is 0 Å². The fourth-order valence-corrected chi connectivity index (χ4v) is 2.64. The van der Waals surface area contributed by atoms with Crippen LogP contribution in [-0.2, 0) is 10.0 Å². The molecule has 1 aromatic carbocycles. The monoisotopic (exact) mass is 310 g/mol. The Morgan fingerprint density at radius 2 is 1.62 bits per heavy atom. The standard InChI is InChI=1S/C12H10N2O6S/c15-11(16)7-3-8(12(17)18)5-9(4-7)14-21(19,20)10-1-2-13-6-10/h1-6,13-14H,(H,15,16)(H,17,18). The van der Waals surface area contributed by atoms with Gasteiger partial charge in [0.05, 0.1) is 16.8 Å². The summed E-state index contributed by atoms with van der Waals surface area (Å²) < 4.78 is 26.1. The van der Waals surface area contributed by atoms with E-state index in [0.717, 1.165) is 18.2 Å². The highest BCUT2D eigenvalue weighted by atomic mass is 32.2. The van der Waals surface area contributed by atoms with E-state index in [2.05, 4.69) is 9.71 Å². The van der Waals surface area contributed by atoms with E-state index in [4.69, 9.17) is 10.2 Å². The topological polar surface area (TPSA) is 137 Å². The molecule has 0 spiro atoms. The second-order valence-electron chi connectivity index (χ2n) is 4.06. The van der Waals surface area contributed by atoms with E-state index in [1.165, 1.54) is 18.5 Å². The molecule has 2 rings (SSSR count). The Bertz CT molecular complexity index is 763. The molecular weight excluding hydrogens is 300 g/mol. The molecule has 0 bridgehead atoms. The molecule has 2 aromatic rings. The summed E-state index contributed by atoms with van der Waals surface area (Å²) in [4.78, 5) is 24.4. The molecule has 0 fully saturated rings. The lowest BCUT2D eigenvalue weighted by molar-refractivity contribution is 0.0696. The van der Waals surface area contributed by atoms with E-state index in [1.54, 1.807) is 0 Å². The highest BCUT2D eigenvalue weighted by Gasteiger charge is 2.17. The average Bonchev–Trinajstić information content (AvgIpc) is 2.92. The van der Waals surface area contributed by atoms with Gasteiger partial charge in [-0.15, -0.1) is 0 Å². The van der Waals surface area contributed by atoms with Crippen LogP contribution in [0.3, 0.4) is 0 Å². The molecule has 4 N–H and O–H groups in total. The van der Waals surface area contributed by atoms with Crippen LogP contribution in [0.25, 0.3) is 0 Å². The smallest absolute Gasteiger partial charge is 0.335 e. The third kappa shape index (κ3) is 3.20. The summed E-state index contributed by atoms with van der Waals surface area (Å²) in [6, 6.07) is 4.33. The third-order valence-electron chi connectivity index (χ3n) is 2.56. The van der Waals surface area contributed by atoms with Crippen molar-refractivity contribution in [2.45, 2.75) is 4.90 Å². The Morgan fingerprint density at radius 3 is 2.05 bits per heavy atom. The number of carboxylic acids is 2. The van der Waals surface area contributed by atoms with Gasteiger partial charge in [-0.25, -0.2) is 18.0 Å². The predicted octanol–water partition coefficient (Wildman–Crippen LogP) is 1.21. The first-order chi connectivity index (χ1) is 9.79. The number of aromatic amines is 1. The number of aromatic carboxylic acids is 2. The number of aromatic nitrogens is 1. The van der Waals surface area contributed by atoms with Gasteiger partial charge in [0.1, 0.15) is 4.90 Å². The second-order valence-corrected chi connectivity index (χ2v) is 5.74. The molecule has 0 aliphatic rings. The molecule has 0 amide bonds. The summed E-state index contributed by atoms with van der Waals surface area (Å²) in [7, 11) is -3.92. The summed E-state index contributed by atoms with van der Waals surface area (Å²) >= 11 is 0. The quantitative estimate of drug-likeness (QED) is 0.655. The Hall–Kier alpha value is -2.81. The van der Waals surface area contributed by atoms with Crippen molar-refractivity contribution in [3.63, 3.8) is 0 Å². The number of rotatable bonds is 5. The van der Waals surface area contributed by atoms with Crippen LogP contribution >= 0.6 is 0 Å². The number of carbonyl (C=O) groups is 2. The van der Waals surface area contributed by atoms with E-state index in [9.17, 15) is 18.0 Å². The predicted molar refractivity (Wildman–Crippen MR) is 72.0 cm³/mol. The molecule has 1 heterocycles. The third-order valence-corrected chi connectivity index (χ3v) is 3.94. The van der Waals surface area contributed by atoms with Gasteiger partial charge in [-0.1, -0.05) is 0 Å². The highest BCUT2D eigenvalue weighted by molar-refractivity contribution is 7.92. The molecule has 0 aliphatic carbocycles. The number of nitrogens with one attached hydrogen (secondary N) is 2. The lowest BCUT2D eigenvalue weighted by Crippen LogP contribution is -2.13. The van der Waals surface area contributed by atoms with Gasteiger partial charge in [-0.05, 0) is 24.3 Å². The Kier molecular flexibility index (Phi) is 3.68. The molecule has 0 aliphatic heterocycles. The number of hydrogen-bond acceptors (Lipinski definition) is 4. The van der Waals surface area contributed by atoms with Gasteiger partial charge in [0.15, 0.2) is 0 Å². The van der Waals surface area contributed by atoms with Crippen molar-refractivity contribution in [3.05, 3.63) is 47.8 Å². The molecule has 21 heavy (non-hydrogen) atoms. The van der Waals surface area contributed by atoms with Crippen molar-refractivity contribution in [2.24, 2.45) is 0 Å². The molecule has 0 saturated heterocycles. The van der Waals surface area contributed by atoms with Gasteiger partial charge in [-0.3, -0.25) is 4.72 Å². The summed E-state index contributed by atoms with van der Waals surface area (Å²) in [5.41, 5.74) is -0.808. The van der Waals surface area contributed by atoms with Gasteiger partial charge in [0, 0.05) is 12.4 Å². The highest BCUT2D eigenvalue weighted by Crippen LogP contribution is 2.19. The number of H-pyrrole nitrogens is 1. The zero-order valence-corrected chi connectivity index (χ0v) is 11.2. The largest absolute Gasteiger partial charge is 0.478 e. The van der Waals surface area contributed by atoms with E-state index < -0.39 is 22.0 Å². The maximum Gasteiger partial charge on any atom is 0.335 e. The Labute approximate surface area is 119 Å². The number of anilines is 1. The van der Waals surface area contributed by atoms with Crippen molar-refractivity contribution < 1.29 is 28.2 Å². The molecule has 0 saturated carbocycles. The SMILES string of the molecule is O=C(O)c1cc(NS(=O)(=O)c2cc[nH]c2)cc(C(=O)O)c1. The van der Waals surface area contributed by atoms with E-state index >= 15 is 0 Å². The van der Waals surface area contributed by atoms with Gasteiger partial charge >= 0.3 is 11.9 Å². The molecule has 9 heteroatoms. The van der Waals surface area contributed by atoms with Crippen molar-refractivity contribution >= 4 is 27.6 Å². The lowest BCUT2D eigenvalue weighted by Gasteiger charge is -2.08. The van der Waals surface area contributed by atoms with Crippen LogP contribution < -0.4 is 4.72 Å². The van der Waals surface area contributed by atoms with E-state index in [1.807, 2.05) is 0 Å². The zero-order chi connectivity index (χ0) is 15.6. The minimum Gasteiger partial charge on any atom is -0.478 e. The molecule has 0 unspecified atom stereocenters. The van der Waals surface area contributed by atoms with Gasteiger partial charge < -0.3 is 15.2 Å². The molecule has 0 radical (unpaired) electrons. The molecule has 0 atom stereocenters. The molecule has 8 nitrogen and oxygen atoms in total. The van der Waals surface area contributed by atoms with Crippen LogP contribution in [0.15, 0.2) is 41.6 Å². The fourth-order valence-electron chi connectivity index (χ4n) is 1.62. The van der Waals surface area contributed by atoms with Crippen molar-refractivity contribution in [1.82, 2.24) is 4.98 Å². The summed E-state index contributed by atoms with van der Waals surface area (Å²) in [5, 5.41) is 17.8. The number of benzene rings is 1. The fraction of sp³-hybridized carbons (Fsp3) is 0. The van der Waals surface area contributed by atoms with Gasteiger partial charge in [0.2, 0.25) is 0 Å². The maximum atomic E-state index is 12.0. The minimum atomic E-state index is -3.92. The lowest BCUT2D eigenvalue weighted by atomic mass is 10.1. The van der Waals surface area contributed by atoms with E-state index in [-0.39, 0.29) is 21.7 Å². The van der Waals surface area contributed by atoms with Crippen LogP contribution in [-0.4, -0.2) is 35.6 Å². The van der Waals surface area contributed by atoms with Gasteiger partial charge in [0.25, 0.3) is 10.0 Å². The average molecular weight is 310 g/mol. The molecule has 110 valence electrons.